The Labute approximate surface area is 180 Å². The van der Waals surface area contributed by atoms with Crippen molar-refractivity contribution in [3.05, 3.63) is 69.0 Å². The van der Waals surface area contributed by atoms with Crippen molar-refractivity contribution in [2.45, 2.75) is 6.54 Å². The molecule has 0 saturated carbocycles. The fourth-order valence-electron chi connectivity index (χ4n) is 2.91. The number of fused-ring (bicyclic) bond motifs is 1. The average molecular weight is 444 g/mol. The lowest BCUT2D eigenvalue weighted by atomic mass is 10.1. The molecule has 0 aliphatic heterocycles. The fourth-order valence-corrected chi connectivity index (χ4v) is 4.16. The molecule has 0 atom stereocenters. The number of rotatable bonds is 5. The SMILES string of the molecule is NC(=O)c1sc2nc(NCc3ccccc3)nc(-c3ccc(Cl)c(Cl)c3)c2c1N. The first-order valence-corrected chi connectivity index (χ1v) is 10.1. The summed E-state index contributed by atoms with van der Waals surface area (Å²) in [5, 5.41) is 4.60. The summed E-state index contributed by atoms with van der Waals surface area (Å²) in [5.41, 5.74) is 14.3. The minimum absolute atomic E-state index is 0.246. The zero-order valence-electron chi connectivity index (χ0n) is 14.9. The van der Waals surface area contributed by atoms with Crippen LogP contribution in [-0.4, -0.2) is 15.9 Å². The number of carbonyl (C=O) groups excluding carboxylic acids is 1. The average Bonchev–Trinajstić information content (AvgIpc) is 3.05. The smallest absolute Gasteiger partial charge is 0.260 e. The lowest BCUT2D eigenvalue weighted by Gasteiger charge is -2.10. The molecule has 0 bridgehead atoms. The van der Waals surface area contributed by atoms with E-state index in [0.717, 1.165) is 16.9 Å². The number of thiophene rings is 1. The number of aromatic nitrogens is 2. The van der Waals surface area contributed by atoms with Gasteiger partial charge in [-0.3, -0.25) is 4.79 Å². The number of anilines is 2. The molecule has 0 saturated heterocycles. The number of nitrogens with one attached hydrogen (secondary N) is 1. The number of hydrogen-bond acceptors (Lipinski definition) is 6. The van der Waals surface area contributed by atoms with Gasteiger partial charge < -0.3 is 16.8 Å². The highest BCUT2D eigenvalue weighted by Gasteiger charge is 2.21. The van der Waals surface area contributed by atoms with Crippen LogP contribution in [0.15, 0.2) is 48.5 Å². The van der Waals surface area contributed by atoms with E-state index < -0.39 is 5.91 Å². The summed E-state index contributed by atoms with van der Waals surface area (Å²) >= 11 is 13.4. The van der Waals surface area contributed by atoms with Crippen molar-refractivity contribution >= 4 is 62.3 Å². The minimum Gasteiger partial charge on any atom is -0.397 e. The van der Waals surface area contributed by atoms with E-state index in [1.165, 1.54) is 0 Å². The second kappa shape index (κ2) is 7.87. The third kappa shape index (κ3) is 3.85. The summed E-state index contributed by atoms with van der Waals surface area (Å²) < 4.78 is 0. The normalized spacial score (nSPS) is 11.0. The van der Waals surface area contributed by atoms with Gasteiger partial charge in [-0.05, 0) is 17.7 Å². The van der Waals surface area contributed by atoms with E-state index in [0.29, 0.717) is 44.0 Å². The zero-order chi connectivity index (χ0) is 20.5. The molecule has 29 heavy (non-hydrogen) atoms. The molecule has 0 fully saturated rings. The summed E-state index contributed by atoms with van der Waals surface area (Å²) in [7, 11) is 0. The summed E-state index contributed by atoms with van der Waals surface area (Å²) in [5.74, 6) is -0.205. The Hall–Kier alpha value is -2.87. The number of carbonyl (C=O) groups is 1. The van der Waals surface area contributed by atoms with E-state index >= 15 is 0 Å². The van der Waals surface area contributed by atoms with Gasteiger partial charge in [0.25, 0.3) is 5.91 Å². The predicted octanol–water partition coefficient (Wildman–Crippen LogP) is 4.96. The molecule has 0 aliphatic rings. The Bertz CT molecular complexity index is 1230. The predicted molar refractivity (Wildman–Crippen MR) is 120 cm³/mol. The molecule has 2 aromatic heterocycles. The molecule has 6 nitrogen and oxygen atoms in total. The fraction of sp³-hybridized carbons (Fsp3) is 0.0500. The lowest BCUT2D eigenvalue weighted by Crippen LogP contribution is -2.10. The maximum Gasteiger partial charge on any atom is 0.260 e. The van der Waals surface area contributed by atoms with Gasteiger partial charge in [-0.1, -0.05) is 59.6 Å². The molecule has 146 valence electrons. The molecule has 4 rings (SSSR count). The van der Waals surface area contributed by atoms with E-state index in [1.54, 1.807) is 18.2 Å². The zero-order valence-corrected chi connectivity index (χ0v) is 17.3. The monoisotopic (exact) mass is 443 g/mol. The molecular weight excluding hydrogens is 429 g/mol. The van der Waals surface area contributed by atoms with Crippen molar-refractivity contribution < 1.29 is 4.79 Å². The van der Waals surface area contributed by atoms with Gasteiger partial charge in [0.2, 0.25) is 5.95 Å². The number of hydrogen-bond donors (Lipinski definition) is 3. The number of halogens is 2. The maximum absolute atomic E-state index is 11.8. The van der Waals surface area contributed by atoms with Crippen LogP contribution in [0.4, 0.5) is 11.6 Å². The van der Waals surface area contributed by atoms with Crippen LogP contribution >= 0.6 is 34.5 Å². The van der Waals surface area contributed by atoms with Crippen molar-refractivity contribution in [2.24, 2.45) is 5.73 Å². The Morgan fingerprint density at radius 1 is 1.07 bits per heavy atom. The van der Waals surface area contributed by atoms with Crippen LogP contribution in [0.3, 0.4) is 0 Å². The van der Waals surface area contributed by atoms with Gasteiger partial charge >= 0.3 is 0 Å². The summed E-state index contributed by atoms with van der Waals surface area (Å²) in [4.78, 5) is 21.8. The van der Waals surface area contributed by atoms with Crippen LogP contribution in [0, 0.1) is 0 Å². The van der Waals surface area contributed by atoms with E-state index in [-0.39, 0.29) is 10.6 Å². The highest BCUT2D eigenvalue weighted by atomic mass is 35.5. The van der Waals surface area contributed by atoms with Crippen molar-refractivity contribution in [3.8, 4) is 11.3 Å². The number of nitrogens with zero attached hydrogens (tertiary/aromatic N) is 2. The van der Waals surface area contributed by atoms with Gasteiger partial charge in [0.05, 0.1) is 26.8 Å². The second-order valence-corrected chi connectivity index (χ2v) is 8.07. The van der Waals surface area contributed by atoms with Gasteiger partial charge in [0.15, 0.2) is 0 Å². The highest BCUT2D eigenvalue weighted by molar-refractivity contribution is 7.21. The standard InChI is InChI=1S/C20H15Cl2N5OS/c21-12-7-6-11(8-13(12)22)16-14-15(23)17(18(24)28)29-19(14)27-20(26-16)25-9-10-4-2-1-3-5-10/h1-8H,9,23H2,(H2,24,28)(H,25,26,27). The molecule has 4 aromatic rings. The minimum atomic E-state index is -0.607. The summed E-state index contributed by atoms with van der Waals surface area (Å²) in [6.45, 7) is 0.538. The number of nitrogen functional groups attached to an aromatic ring is 1. The number of amides is 1. The molecule has 9 heteroatoms. The molecule has 0 radical (unpaired) electrons. The van der Waals surface area contributed by atoms with Crippen LogP contribution in [0.2, 0.25) is 10.0 Å². The van der Waals surface area contributed by atoms with E-state index in [1.807, 2.05) is 30.3 Å². The van der Waals surface area contributed by atoms with Gasteiger partial charge in [-0.15, -0.1) is 11.3 Å². The third-order valence-electron chi connectivity index (χ3n) is 4.30. The van der Waals surface area contributed by atoms with Gasteiger partial charge in [-0.25, -0.2) is 9.97 Å². The Morgan fingerprint density at radius 3 is 2.52 bits per heavy atom. The quantitative estimate of drug-likeness (QED) is 0.404. The third-order valence-corrected chi connectivity index (χ3v) is 6.15. The van der Waals surface area contributed by atoms with Crippen molar-refractivity contribution in [1.82, 2.24) is 9.97 Å². The lowest BCUT2D eigenvalue weighted by molar-refractivity contribution is 0.100. The number of benzene rings is 2. The van der Waals surface area contributed by atoms with Crippen molar-refractivity contribution in [2.75, 3.05) is 11.1 Å². The molecule has 0 spiro atoms. The molecule has 0 aliphatic carbocycles. The Morgan fingerprint density at radius 2 is 1.83 bits per heavy atom. The van der Waals surface area contributed by atoms with E-state index in [4.69, 9.17) is 34.7 Å². The van der Waals surface area contributed by atoms with Crippen LogP contribution in [0.5, 0.6) is 0 Å². The Kier molecular flexibility index (Phi) is 5.27. The summed E-state index contributed by atoms with van der Waals surface area (Å²) in [6.07, 6.45) is 0. The largest absolute Gasteiger partial charge is 0.397 e. The first-order chi connectivity index (χ1) is 13.9. The number of nitrogens with two attached hydrogens (primary N) is 2. The van der Waals surface area contributed by atoms with Crippen LogP contribution in [0.1, 0.15) is 15.2 Å². The van der Waals surface area contributed by atoms with Crippen LogP contribution in [-0.2, 0) is 6.54 Å². The van der Waals surface area contributed by atoms with E-state index in [2.05, 4.69) is 15.3 Å². The van der Waals surface area contributed by atoms with Crippen molar-refractivity contribution in [1.29, 1.82) is 0 Å². The van der Waals surface area contributed by atoms with Gasteiger partial charge in [-0.2, -0.15) is 0 Å². The van der Waals surface area contributed by atoms with E-state index in [9.17, 15) is 4.79 Å². The molecular formula is C20H15Cl2N5OS. The van der Waals surface area contributed by atoms with Gasteiger partial charge in [0, 0.05) is 12.1 Å². The van der Waals surface area contributed by atoms with Crippen LogP contribution < -0.4 is 16.8 Å². The molecule has 1 amide bonds. The van der Waals surface area contributed by atoms with Gasteiger partial charge in [0.1, 0.15) is 9.71 Å². The summed E-state index contributed by atoms with van der Waals surface area (Å²) in [6, 6.07) is 15.0. The first-order valence-electron chi connectivity index (χ1n) is 8.57. The molecule has 2 heterocycles. The first kappa shape index (κ1) is 19.4. The highest BCUT2D eigenvalue weighted by Crippen LogP contribution is 2.40. The van der Waals surface area contributed by atoms with Crippen LogP contribution in [0.25, 0.3) is 21.5 Å². The molecule has 2 aromatic carbocycles. The number of primary amides is 1. The maximum atomic E-state index is 11.8. The molecule has 0 unspecified atom stereocenters. The topological polar surface area (TPSA) is 107 Å². The molecule has 5 N–H and O–H groups in total. The Balaban J connectivity index is 1.85. The second-order valence-electron chi connectivity index (χ2n) is 6.25. The van der Waals surface area contributed by atoms with Crippen molar-refractivity contribution in [3.63, 3.8) is 0 Å².